The molecule has 0 radical (unpaired) electrons. The Morgan fingerprint density at radius 1 is 1.25 bits per heavy atom. The Bertz CT molecular complexity index is 411. The summed E-state index contributed by atoms with van der Waals surface area (Å²) in [5.41, 5.74) is 1.000. The minimum absolute atomic E-state index is 0.233. The molecule has 0 bridgehead atoms. The second-order valence-electron chi connectivity index (χ2n) is 3.03. The molecule has 86 valence electrons. The maximum Gasteiger partial charge on any atom is 0.340 e. The lowest BCUT2D eigenvalue weighted by Crippen LogP contribution is -2.11. The van der Waals surface area contributed by atoms with Gasteiger partial charge < -0.3 is 14.6 Å². The Kier molecular flexibility index (Phi) is 4.02. The molecule has 16 heavy (non-hydrogen) atoms. The van der Waals surface area contributed by atoms with Crippen LogP contribution in [0, 0.1) is 6.92 Å². The van der Waals surface area contributed by atoms with Crippen LogP contribution in [0.3, 0.4) is 0 Å². The standard InChI is InChI=1S/C11H12O5/c1-7-8(10(13)15-2)4-3-5-9(7)11(14)16-6-12/h3-5,12H,6H2,1-2H3. The van der Waals surface area contributed by atoms with Gasteiger partial charge >= 0.3 is 11.9 Å². The highest BCUT2D eigenvalue weighted by Gasteiger charge is 2.16. The first kappa shape index (κ1) is 12.2. The fraction of sp³-hybridized carbons (Fsp3) is 0.273. The molecule has 0 spiro atoms. The van der Waals surface area contributed by atoms with Crippen molar-refractivity contribution in [3.63, 3.8) is 0 Å². The lowest BCUT2D eigenvalue weighted by Gasteiger charge is -2.08. The lowest BCUT2D eigenvalue weighted by atomic mass is 10.0. The zero-order valence-corrected chi connectivity index (χ0v) is 9.02. The van der Waals surface area contributed by atoms with Crippen molar-refractivity contribution in [3.8, 4) is 0 Å². The van der Waals surface area contributed by atoms with Crippen LogP contribution in [0.25, 0.3) is 0 Å². The number of hydrogen-bond acceptors (Lipinski definition) is 5. The number of carbonyl (C=O) groups is 2. The zero-order valence-electron chi connectivity index (χ0n) is 9.02. The molecule has 5 nitrogen and oxygen atoms in total. The molecular formula is C11H12O5. The quantitative estimate of drug-likeness (QED) is 0.609. The van der Waals surface area contributed by atoms with E-state index in [1.807, 2.05) is 0 Å². The van der Waals surface area contributed by atoms with Crippen molar-refractivity contribution in [2.24, 2.45) is 0 Å². The van der Waals surface area contributed by atoms with Gasteiger partial charge in [-0.05, 0) is 24.6 Å². The topological polar surface area (TPSA) is 72.8 Å². The number of hydrogen-bond donors (Lipinski definition) is 1. The number of ether oxygens (including phenoxy) is 2. The van der Waals surface area contributed by atoms with E-state index in [9.17, 15) is 9.59 Å². The summed E-state index contributed by atoms with van der Waals surface area (Å²) in [5.74, 6) is -1.19. The highest BCUT2D eigenvalue weighted by Crippen LogP contribution is 2.15. The number of rotatable bonds is 3. The predicted octanol–water partition coefficient (Wildman–Crippen LogP) is 0.888. The van der Waals surface area contributed by atoms with E-state index in [1.165, 1.54) is 13.2 Å². The van der Waals surface area contributed by atoms with Gasteiger partial charge in [0.25, 0.3) is 0 Å². The normalized spacial score (nSPS) is 9.69. The molecule has 0 aliphatic heterocycles. The van der Waals surface area contributed by atoms with Gasteiger partial charge in [-0.25, -0.2) is 9.59 Å². The van der Waals surface area contributed by atoms with Gasteiger partial charge in [0.2, 0.25) is 0 Å². The zero-order chi connectivity index (χ0) is 12.1. The highest BCUT2D eigenvalue weighted by molar-refractivity contribution is 5.97. The first-order valence-electron chi connectivity index (χ1n) is 4.57. The average Bonchev–Trinajstić information content (AvgIpc) is 2.28. The number of esters is 2. The first-order valence-corrected chi connectivity index (χ1v) is 4.57. The molecule has 1 aromatic carbocycles. The molecule has 0 aromatic heterocycles. The van der Waals surface area contributed by atoms with Crippen LogP contribution >= 0.6 is 0 Å². The molecule has 1 N–H and O–H groups in total. The minimum atomic E-state index is -0.694. The molecule has 0 aliphatic rings. The smallest absolute Gasteiger partial charge is 0.340 e. The van der Waals surface area contributed by atoms with Crippen LogP contribution in [0.4, 0.5) is 0 Å². The van der Waals surface area contributed by atoms with Crippen LogP contribution in [0.1, 0.15) is 26.3 Å². The van der Waals surface area contributed by atoms with Gasteiger partial charge in [0.1, 0.15) is 0 Å². The summed E-state index contributed by atoms with van der Waals surface area (Å²) in [7, 11) is 1.26. The van der Waals surface area contributed by atoms with Crippen LogP contribution in [0.2, 0.25) is 0 Å². The number of benzene rings is 1. The summed E-state index contributed by atoms with van der Waals surface area (Å²) in [6.45, 7) is 0.918. The van der Waals surface area contributed by atoms with Crippen molar-refractivity contribution in [1.29, 1.82) is 0 Å². The molecule has 0 fully saturated rings. The summed E-state index contributed by atoms with van der Waals surface area (Å²) in [4.78, 5) is 22.7. The van der Waals surface area contributed by atoms with Gasteiger partial charge in [-0.3, -0.25) is 0 Å². The van der Waals surface area contributed by atoms with Crippen LogP contribution in [0.15, 0.2) is 18.2 Å². The summed E-state index contributed by atoms with van der Waals surface area (Å²) < 4.78 is 9.01. The van der Waals surface area contributed by atoms with Gasteiger partial charge in [0, 0.05) is 0 Å². The third-order valence-electron chi connectivity index (χ3n) is 2.15. The van der Waals surface area contributed by atoms with Gasteiger partial charge in [-0.2, -0.15) is 0 Å². The van der Waals surface area contributed by atoms with Gasteiger partial charge in [-0.15, -0.1) is 0 Å². The third-order valence-corrected chi connectivity index (χ3v) is 2.15. The van der Waals surface area contributed by atoms with Crippen molar-refractivity contribution >= 4 is 11.9 Å². The predicted molar refractivity (Wildman–Crippen MR) is 55.0 cm³/mol. The molecule has 0 heterocycles. The Morgan fingerprint density at radius 2 is 1.81 bits per heavy atom. The Morgan fingerprint density at radius 3 is 2.31 bits per heavy atom. The molecule has 1 aromatic rings. The molecule has 0 amide bonds. The van der Waals surface area contributed by atoms with E-state index in [0.29, 0.717) is 11.1 Å². The van der Waals surface area contributed by atoms with E-state index >= 15 is 0 Å². The highest BCUT2D eigenvalue weighted by atomic mass is 16.6. The summed E-state index contributed by atoms with van der Waals surface area (Å²) in [5, 5.41) is 8.48. The van der Waals surface area contributed by atoms with E-state index in [4.69, 9.17) is 5.11 Å². The van der Waals surface area contributed by atoms with E-state index in [1.54, 1.807) is 19.1 Å². The second kappa shape index (κ2) is 5.27. The van der Waals surface area contributed by atoms with E-state index in [0.717, 1.165) is 0 Å². The Hall–Kier alpha value is -1.88. The number of carbonyl (C=O) groups excluding carboxylic acids is 2. The lowest BCUT2D eigenvalue weighted by molar-refractivity contribution is 0.00677. The van der Waals surface area contributed by atoms with E-state index in [2.05, 4.69) is 9.47 Å². The van der Waals surface area contributed by atoms with Crippen LogP contribution < -0.4 is 0 Å². The summed E-state index contributed by atoms with van der Waals surface area (Å²) >= 11 is 0. The summed E-state index contributed by atoms with van der Waals surface area (Å²) in [6, 6.07) is 4.61. The van der Waals surface area contributed by atoms with E-state index in [-0.39, 0.29) is 5.56 Å². The molecule has 0 saturated heterocycles. The molecule has 0 unspecified atom stereocenters. The SMILES string of the molecule is COC(=O)c1cccc(C(=O)OCO)c1C. The molecule has 0 atom stereocenters. The number of methoxy groups -OCH3 is 1. The fourth-order valence-corrected chi connectivity index (χ4v) is 1.32. The van der Waals surface area contributed by atoms with Crippen molar-refractivity contribution < 1.29 is 24.2 Å². The molecule has 5 heteroatoms. The van der Waals surface area contributed by atoms with Crippen molar-refractivity contribution in [1.82, 2.24) is 0 Å². The minimum Gasteiger partial charge on any atom is -0.465 e. The summed E-state index contributed by atoms with van der Waals surface area (Å²) in [6.07, 6.45) is 0. The largest absolute Gasteiger partial charge is 0.465 e. The van der Waals surface area contributed by atoms with E-state index < -0.39 is 18.7 Å². The monoisotopic (exact) mass is 224 g/mol. The maximum absolute atomic E-state index is 11.4. The van der Waals surface area contributed by atoms with Gasteiger partial charge in [0.15, 0.2) is 6.79 Å². The van der Waals surface area contributed by atoms with Gasteiger partial charge in [0.05, 0.1) is 18.2 Å². The number of aliphatic hydroxyl groups is 1. The second-order valence-corrected chi connectivity index (χ2v) is 3.03. The van der Waals surface area contributed by atoms with Crippen molar-refractivity contribution in [2.45, 2.75) is 6.92 Å². The molecule has 0 aliphatic carbocycles. The van der Waals surface area contributed by atoms with Crippen LogP contribution in [-0.4, -0.2) is 30.9 Å². The molecular weight excluding hydrogens is 212 g/mol. The van der Waals surface area contributed by atoms with Crippen molar-refractivity contribution in [3.05, 3.63) is 34.9 Å². The fourth-order valence-electron chi connectivity index (χ4n) is 1.32. The Balaban J connectivity index is 3.13. The third kappa shape index (κ3) is 2.38. The van der Waals surface area contributed by atoms with Gasteiger partial charge in [-0.1, -0.05) is 6.07 Å². The number of aliphatic hydroxyl groups excluding tert-OH is 1. The molecule has 0 saturated carbocycles. The average molecular weight is 224 g/mol. The van der Waals surface area contributed by atoms with Crippen molar-refractivity contribution in [2.75, 3.05) is 13.9 Å². The Labute approximate surface area is 92.6 Å². The van der Waals surface area contributed by atoms with Crippen LogP contribution in [-0.2, 0) is 9.47 Å². The molecule has 1 rings (SSSR count). The first-order chi connectivity index (χ1) is 7.61. The maximum atomic E-state index is 11.4. The van der Waals surface area contributed by atoms with Crippen LogP contribution in [0.5, 0.6) is 0 Å².